The monoisotopic (exact) mass is 797 g/mol. The van der Waals surface area contributed by atoms with Crippen molar-refractivity contribution in [2.75, 3.05) is 25.6 Å². The molecule has 9 nitrogen and oxygen atoms in total. The number of para-hydroxylation sites is 2. The van der Waals surface area contributed by atoms with Gasteiger partial charge in [-0.05, 0) is 66.2 Å². The van der Waals surface area contributed by atoms with Crippen LogP contribution in [-0.2, 0) is 25.6 Å². The van der Waals surface area contributed by atoms with Crippen LogP contribution in [0.3, 0.4) is 0 Å². The number of aromatic nitrogens is 2. The number of pyridine rings is 2. The van der Waals surface area contributed by atoms with Gasteiger partial charge in [0.2, 0.25) is 0 Å². The van der Waals surface area contributed by atoms with Crippen LogP contribution >= 0.6 is 31.9 Å². The van der Waals surface area contributed by atoms with Gasteiger partial charge in [-0.25, -0.2) is 16.8 Å². The second-order valence-electron chi connectivity index (χ2n) is 10.2. The number of nitrogens with zero attached hydrogens (tertiary/aromatic N) is 3. The first-order valence-electron chi connectivity index (χ1n) is 14.0. The lowest BCUT2D eigenvalue weighted by molar-refractivity contribution is 0.402. The molecular formula is C34H29Br2N3O6S2. The molecular weight excluding hydrogens is 770 g/mol. The van der Waals surface area contributed by atoms with E-state index >= 15 is 0 Å². The lowest BCUT2D eigenvalue weighted by Gasteiger charge is -2.21. The summed E-state index contributed by atoms with van der Waals surface area (Å²) < 4.78 is 64.4. The first-order valence-corrected chi connectivity index (χ1v) is 18.7. The molecule has 13 heteroatoms. The van der Waals surface area contributed by atoms with Crippen LogP contribution in [-0.4, -0.2) is 48.1 Å². The highest BCUT2D eigenvalue weighted by atomic mass is 79.9. The fourth-order valence-electron chi connectivity index (χ4n) is 4.76. The molecule has 0 N–H and O–H groups in total. The van der Waals surface area contributed by atoms with Gasteiger partial charge in [-0.1, -0.05) is 68.3 Å². The maximum absolute atomic E-state index is 13.0. The van der Waals surface area contributed by atoms with Gasteiger partial charge in [0.05, 0.1) is 42.9 Å². The summed E-state index contributed by atoms with van der Waals surface area (Å²) in [5.74, 6) is 0.498. The van der Waals surface area contributed by atoms with E-state index in [4.69, 9.17) is 9.47 Å². The number of hydrogen-bond donors (Lipinski definition) is 0. The molecule has 242 valence electrons. The van der Waals surface area contributed by atoms with E-state index in [-0.39, 0.29) is 15.5 Å². The first kappa shape index (κ1) is 34.3. The molecule has 0 aliphatic heterocycles. The van der Waals surface area contributed by atoms with Crippen molar-refractivity contribution in [1.82, 2.24) is 9.97 Å². The van der Waals surface area contributed by atoms with E-state index in [0.717, 1.165) is 21.8 Å². The summed E-state index contributed by atoms with van der Waals surface area (Å²) in [5, 5.41) is 1.79. The van der Waals surface area contributed by atoms with Gasteiger partial charge in [-0.3, -0.25) is 14.3 Å². The molecule has 47 heavy (non-hydrogen) atoms. The minimum atomic E-state index is -3.79. The van der Waals surface area contributed by atoms with E-state index < -0.39 is 19.9 Å². The summed E-state index contributed by atoms with van der Waals surface area (Å²) in [6.45, 7) is 0. The number of anilines is 1. The van der Waals surface area contributed by atoms with Crippen LogP contribution in [0.4, 0.5) is 5.69 Å². The first-order chi connectivity index (χ1) is 22.4. The number of halogens is 2. The Labute approximate surface area is 290 Å². The van der Waals surface area contributed by atoms with Crippen molar-refractivity contribution in [3.63, 3.8) is 0 Å². The topological polar surface area (TPSA) is 116 Å². The van der Waals surface area contributed by atoms with Gasteiger partial charge in [0.1, 0.15) is 21.3 Å². The number of sulfonamides is 1. The Morgan fingerprint density at radius 1 is 0.660 bits per heavy atom. The molecule has 2 heterocycles. The minimum absolute atomic E-state index is 0.0926. The van der Waals surface area contributed by atoms with E-state index in [9.17, 15) is 16.8 Å². The molecule has 0 saturated carbocycles. The van der Waals surface area contributed by atoms with Crippen LogP contribution in [0, 0.1) is 0 Å². The van der Waals surface area contributed by atoms with Gasteiger partial charge in [-0.15, -0.1) is 0 Å². The van der Waals surface area contributed by atoms with Crippen molar-refractivity contribution in [1.29, 1.82) is 0 Å². The predicted molar refractivity (Wildman–Crippen MR) is 191 cm³/mol. The smallest absolute Gasteiger partial charge is 0.267 e. The summed E-state index contributed by atoms with van der Waals surface area (Å²) in [6.07, 6.45) is 3.15. The standard InChI is InChI=1S/C17H15BrN2O3S.C17H14BrNO3S/c1-20(14-9-12-5-3-4-6-15(12)19-11-14)24(21,22)17-10-13(18)7-8-16(17)23-2;1-22-16-7-6-14(18)9-17(16)23(20,21)11-12-8-13-4-2-3-5-15(13)19-10-12/h3-11H,1-2H3;2-10H,11H2,1H3. The summed E-state index contributed by atoms with van der Waals surface area (Å²) in [4.78, 5) is 8.90. The number of methoxy groups -OCH3 is 2. The molecule has 0 atom stereocenters. The maximum atomic E-state index is 13.0. The molecule has 0 spiro atoms. The second kappa shape index (κ2) is 14.4. The Hall–Kier alpha value is -4.04. The van der Waals surface area contributed by atoms with Crippen molar-refractivity contribution < 1.29 is 26.3 Å². The van der Waals surface area contributed by atoms with Gasteiger partial charge in [0, 0.05) is 33.0 Å². The molecule has 0 amide bonds. The van der Waals surface area contributed by atoms with Crippen molar-refractivity contribution in [2.24, 2.45) is 0 Å². The largest absolute Gasteiger partial charge is 0.495 e. The van der Waals surface area contributed by atoms with Crippen LogP contribution < -0.4 is 13.8 Å². The van der Waals surface area contributed by atoms with Gasteiger partial charge < -0.3 is 9.47 Å². The quantitative estimate of drug-likeness (QED) is 0.153. The van der Waals surface area contributed by atoms with Crippen molar-refractivity contribution >= 4 is 79.2 Å². The van der Waals surface area contributed by atoms with Gasteiger partial charge in [0.15, 0.2) is 9.84 Å². The average molecular weight is 800 g/mol. The minimum Gasteiger partial charge on any atom is -0.495 e. The number of hydrogen-bond acceptors (Lipinski definition) is 8. The molecule has 6 aromatic rings. The van der Waals surface area contributed by atoms with Crippen molar-refractivity contribution in [3.8, 4) is 11.5 Å². The fraction of sp³-hybridized carbons (Fsp3) is 0.118. The summed E-state index contributed by atoms with van der Waals surface area (Å²) in [7, 11) is -2.93. The van der Waals surface area contributed by atoms with E-state index in [1.54, 1.807) is 48.8 Å². The third kappa shape index (κ3) is 7.75. The summed E-state index contributed by atoms with van der Waals surface area (Å²) in [5.41, 5.74) is 2.78. The molecule has 6 rings (SSSR count). The van der Waals surface area contributed by atoms with Crippen LogP contribution in [0.5, 0.6) is 11.5 Å². The van der Waals surface area contributed by atoms with Crippen LogP contribution in [0.2, 0.25) is 0 Å². The average Bonchev–Trinajstić information content (AvgIpc) is 3.07. The maximum Gasteiger partial charge on any atom is 0.267 e. The Bertz CT molecular complexity index is 2300. The molecule has 0 saturated heterocycles. The normalized spacial score (nSPS) is 11.5. The molecule has 0 radical (unpaired) electrons. The highest BCUT2D eigenvalue weighted by Gasteiger charge is 2.26. The number of ether oxygens (including phenoxy) is 2. The summed E-state index contributed by atoms with van der Waals surface area (Å²) >= 11 is 6.61. The second-order valence-corrected chi connectivity index (χ2v) is 16.0. The molecule has 0 fully saturated rings. The molecule has 4 aromatic carbocycles. The zero-order valence-corrected chi connectivity index (χ0v) is 30.3. The predicted octanol–water partition coefficient (Wildman–Crippen LogP) is 7.81. The number of fused-ring (bicyclic) bond motifs is 2. The Morgan fingerprint density at radius 2 is 1.17 bits per heavy atom. The molecule has 0 unspecified atom stereocenters. The number of rotatable bonds is 8. The molecule has 0 aliphatic carbocycles. The Morgan fingerprint density at radius 3 is 1.77 bits per heavy atom. The Kier molecular flexibility index (Phi) is 10.5. The Balaban J connectivity index is 0.000000185. The number of sulfone groups is 1. The van der Waals surface area contributed by atoms with Crippen LogP contribution in [0.15, 0.2) is 128 Å². The molecule has 2 aromatic heterocycles. The highest BCUT2D eigenvalue weighted by molar-refractivity contribution is 9.10. The van der Waals surface area contributed by atoms with E-state index in [2.05, 4.69) is 41.8 Å². The lowest BCUT2D eigenvalue weighted by atomic mass is 10.2. The van der Waals surface area contributed by atoms with E-state index in [1.807, 2.05) is 54.6 Å². The summed E-state index contributed by atoms with van der Waals surface area (Å²) in [6, 6.07) is 28.6. The van der Waals surface area contributed by atoms with Crippen molar-refractivity contribution in [3.05, 3.63) is 124 Å². The zero-order valence-electron chi connectivity index (χ0n) is 25.5. The highest BCUT2D eigenvalue weighted by Crippen LogP contribution is 2.33. The number of benzene rings is 4. The van der Waals surface area contributed by atoms with Gasteiger partial charge in [-0.2, -0.15) is 0 Å². The SMILES string of the molecule is COc1ccc(Br)cc1S(=O)(=O)Cc1cnc2ccccc2c1.COc1ccc(Br)cc1S(=O)(=O)N(C)c1cnc2ccccc2c1. The lowest BCUT2D eigenvalue weighted by Crippen LogP contribution is -2.27. The van der Waals surface area contributed by atoms with Crippen LogP contribution in [0.25, 0.3) is 21.8 Å². The van der Waals surface area contributed by atoms with Crippen LogP contribution in [0.1, 0.15) is 5.56 Å². The fourth-order valence-corrected chi connectivity index (χ4v) is 8.65. The third-order valence-corrected chi connectivity index (χ3v) is 11.7. The third-order valence-electron chi connectivity index (χ3n) is 7.17. The zero-order chi connectivity index (χ0) is 33.8. The van der Waals surface area contributed by atoms with Gasteiger partial charge in [0.25, 0.3) is 10.0 Å². The molecule has 0 aliphatic rings. The van der Waals surface area contributed by atoms with Gasteiger partial charge >= 0.3 is 0 Å². The van der Waals surface area contributed by atoms with E-state index in [1.165, 1.54) is 31.6 Å². The van der Waals surface area contributed by atoms with E-state index in [0.29, 0.717) is 31.7 Å². The molecule has 0 bridgehead atoms. The van der Waals surface area contributed by atoms with Crippen molar-refractivity contribution in [2.45, 2.75) is 15.5 Å².